The molecule has 1 aromatic heterocycles. The monoisotopic (exact) mass is 302 g/mol. The molecule has 2 rings (SSSR count). The van der Waals surface area contributed by atoms with E-state index in [1.165, 1.54) is 11.3 Å². The molecule has 4 nitrogen and oxygen atoms in total. The predicted octanol–water partition coefficient (Wildman–Crippen LogP) is 2.28. The smallest absolute Gasteiger partial charge is 0.252 e. The van der Waals surface area contributed by atoms with E-state index in [1.54, 1.807) is 10.4 Å². The average molecular weight is 302 g/mol. The highest BCUT2D eigenvalue weighted by Gasteiger charge is 2.27. The second-order valence-corrected chi connectivity index (χ2v) is 8.52. The lowest BCUT2D eigenvalue weighted by Crippen LogP contribution is -2.31. The van der Waals surface area contributed by atoms with E-state index in [4.69, 9.17) is 0 Å². The number of rotatable bonds is 4. The summed E-state index contributed by atoms with van der Waals surface area (Å²) in [6, 6.07) is 3.63. The highest BCUT2D eigenvalue weighted by Crippen LogP contribution is 2.27. The van der Waals surface area contributed by atoms with Gasteiger partial charge in [-0.25, -0.2) is 8.42 Å². The van der Waals surface area contributed by atoms with Crippen LogP contribution in [0, 0.1) is 5.92 Å². The molecule has 1 unspecified atom stereocenters. The molecule has 0 aliphatic carbocycles. The third-order valence-electron chi connectivity index (χ3n) is 3.56. The quantitative estimate of drug-likeness (QED) is 0.928. The molecule has 0 amide bonds. The molecule has 1 aromatic rings. The lowest BCUT2D eigenvalue weighted by Gasteiger charge is -2.18. The van der Waals surface area contributed by atoms with Crippen LogP contribution in [0.5, 0.6) is 0 Å². The zero-order valence-electron chi connectivity index (χ0n) is 11.6. The van der Waals surface area contributed by atoms with E-state index in [-0.39, 0.29) is 0 Å². The fourth-order valence-corrected chi connectivity index (χ4v) is 5.39. The summed E-state index contributed by atoms with van der Waals surface area (Å²) in [6.07, 6.45) is 3.06. The number of hydrogen-bond acceptors (Lipinski definition) is 4. The summed E-state index contributed by atoms with van der Waals surface area (Å²) in [4.78, 5) is 1.06. The molecule has 1 aliphatic rings. The molecule has 0 saturated carbocycles. The SMILES string of the molecule is CNCc1ccc(S(=O)(=O)N2CCCC(C)CC2)s1. The summed E-state index contributed by atoms with van der Waals surface area (Å²) in [5.74, 6) is 0.628. The normalized spacial score (nSPS) is 22.3. The van der Waals surface area contributed by atoms with Crippen molar-refractivity contribution in [3.8, 4) is 0 Å². The van der Waals surface area contributed by atoms with Gasteiger partial charge in [-0.3, -0.25) is 0 Å². The number of nitrogens with one attached hydrogen (secondary N) is 1. The highest BCUT2D eigenvalue weighted by atomic mass is 32.2. The Kier molecular flexibility index (Phi) is 5.00. The van der Waals surface area contributed by atoms with Gasteiger partial charge in [-0.15, -0.1) is 11.3 Å². The van der Waals surface area contributed by atoms with Crippen molar-refractivity contribution in [3.05, 3.63) is 17.0 Å². The van der Waals surface area contributed by atoms with E-state index in [1.807, 2.05) is 13.1 Å². The lowest BCUT2D eigenvalue weighted by atomic mass is 10.0. The second kappa shape index (κ2) is 6.35. The molecule has 0 bridgehead atoms. The largest absolute Gasteiger partial charge is 0.315 e. The van der Waals surface area contributed by atoms with Crippen LogP contribution < -0.4 is 5.32 Å². The number of thiophene rings is 1. The minimum absolute atomic E-state index is 0.479. The molecule has 1 saturated heterocycles. The molecule has 0 radical (unpaired) electrons. The van der Waals surface area contributed by atoms with E-state index in [0.717, 1.165) is 30.7 Å². The number of nitrogens with zero attached hydrogens (tertiary/aromatic N) is 1. The van der Waals surface area contributed by atoms with Gasteiger partial charge in [0.15, 0.2) is 0 Å². The summed E-state index contributed by atoms with van der Waals surface area (Å²) in [5.41, 5.74) is 0. The van der Waals surface area contributed by atoms with Crippen molar-refractivity contribution < 1.29 is 8.42 Å². The maximum Gasteiger partial charge on any atom is 0.252 e. The van der Waals surface area contributed by atoms with Crippen molar-refractivity contribution in [1.82, 2.24) is 9.62 Å². The molecule has 1 fully saturated rings. The lowest BCUT2D eigenvalue weighted by molar-refractivity contribution is 0.418. The topological polar surface area (TPSA) is 49.4 Å². The Hall–Kier alpha value is -0.430. The first kappa shape index (κ1) is 15.0. The Labute approximate surface area is 119 Å². The first-order valence-electron chi connectivity index (χ1n) is 6.77. The average Bonchev–Trinajstić information content (AvgIpc) is 2.72. The Morgan fingerprint density at radius 1 is 1.37 bits per heavy atom. The minimum Gasteiger partial charge on any atom is -0.315 e. The summed E-state index contributed by atoms with van der Waals surface area (Å²) in [7, 11) is -1.42. The molecule has 108 valence electrons. The maximum atomic E-state index is 12.6. The van der Waals surface area contributed by atoms with Gasteiger partial charge in [-0.2, -0.15) is 4.31 Å². The third kappa shape index (κ3) is 3.56. The molecule has 19 heavy (non-hydrogen) atoms. The van der Waals surface area contributed by atoms with Crippen LogP contribution in [0.2, 0.25) is 0 Å². The predicted molar refractivity (Wildman–Crippen MR) is 78.9 cm³/mol. The van der Waals surface area contributed by atoms with Crippen molar-refractivity contribution in [3.63, 3.8) is 0 Å². The van der Waals surface area contributed by atoms with Gasteiger partial charge in [-0.1, -0.05) is 6.92 Å². The van der Waals surface area contributed by atoms with Gasteiger partial charge >= 0.3 is 0 Å². The number of sulfonamides is 1. The Morgan fingerprint density at radius 2 is 2.16 bits per heavy atom. The molecule has 0 aromatic carbocycles. The van der Waals surface area contributed by atoms with Crippen molar-refractivity contribution >= 4 is 21.4 Å². The first-order chi connectivity index (χ1) is 9.04. The van der Waals surface area contributed by atoms with E-state index < -0.39 is 10.0 Å². The van der Waals surface area contributed by atoms with Gasteiger partial charge in [0, 0.05) is 24.5 Å². The van der Waals surface area contributed by atoms with Crippen LogP contribution in [0.1, 0.15) is 31.1 Å². The summed E-state index contributed by atoms with van der Waals surface area (Å²) < 4.78 is 27.3. The van der Waals surface area contributed by atoms with Crippen LogP contribution in [-0.2, 0) is 16.6 Å². The maximum absolute atomic E-state index is 12.6. The van der Waals surface area contributed by atoms with E-state index in [9.17, 15) is 8.42 Å². The van der Waals surface area contributed by atoms with Crippen molar-refractivity contribution in [2.24, 2.45) is 5.92 Å². The third-order valence-corrected chi connectivity index (χ3v) is 7.01. The molecule has 2 heterocycles. The van der Waals surface area contributed by atoms with Crippen LogP contribution in [0.4, 0.5) is 0 Å². The minimum atomic E-state index is -3.28. The molecule has 6 heteroatoms. The summed E-state index contributed by atoms with van der Waals surface area (Å²) >= 11 is 1.37. The summed E-state index contributed by atoms with van der Waals surface area (Å²) in [6.45, 7) is 4.23. The van der Waals surface area contributed by atoms with Crippen LogP contribution in [0.15, 0.2) is 16.3 Å². The molecule has 1 atom stereocenters. The zero-order chi connectivity index (χ0) is 13.9. The van der Waals surface area contributed by atoms with Gasteiger partial charge in [0.25, 0.3) is 10.0 Å². The molecule has 1 aliphatic heterocycles. The van der Waals surface area contributed by atoms with Crippen molar-refractivity contribution in [2.75, 3.05) is 20.1 Å². The fraction of sp³-hybridized carbons (Fsp3) is 0.692. The Bertz CT molecular complexity index is 510. The fourth-order valence-electron chi connectivity index (χ4n) is 2.37. The van der Waals surface area contributed by atoms with Crippen LogP contribution in [0.3, 0.4) is 0 Å². The van der Waals surface area contributed by atoms with E-state index in [0.29, 0.717) is 23.2 Å². The molecular weight excluding hydrogens is 280 g/mol. The van der Waals surface area contributed by atoms with E-state index >= 15 is 0 Å². The summed E-state index contributed by atoms with van der Waals surface area (Å²) in [5, 5.41) is 3.05. The van der Waals surface area contributed by atoms with Gasteiger partial charge in [0.1, 0.15) is 4.21 Å². The first-order valence-corrected chi connectivity index (χ1v) is 9.03. The molecule has 1 N–H and O–H groups in total. The second-order valence-electron chi connectivity index (χ2n) is 5.19. The van der Waals surface area contributed by atoms with Gasteiger partial charge in [0.2, 0.25) is 0 Å². The van der Waals surface area contributed by atoms with Gasteiger partial charge < -0.3 is 5.32 Å². The van der Waals surface area contributed by atoms with Gasteiger partial charge in [-0.05, 0) is 44.4 Å². The van der Waals surface area contributed by atoms with Crippen LogP contribution in [-0.4, -0.2) is 32.9 Å². The van der Waals surface area contributed by atoms with Gasteiger partial charge in [0.05, 0.1) is 0 Å². The Morgan fingerprint density at radius 3 is 2.89 bits per heavy atom. The van der Waals surface area contributed by atoms with Crippen molar-refractivity contribution in [2.45, 2.75) is 36.9 Å². The Balaban J connectivity index is 2.15. The van der Waals surface area contributed by atoms with E-state index in [2.05, 4.69) is 12.2 Å². The molecular formula is C13H22N2O2S2. The number of hydrogen-bond donors (Lipinski definition) is 1. The zero-order valence-corrected chi connectivity index (χ0v) is 13.2. The van der Waals surface area contributed by atoms with Crippen LogP contribution in [0.25, 0.3) is 0 Å². The standard InChI is InChI=1S/C13H22N2O2S2/c1-11-4-3-8-15(9-7-11)19(16,17)13-6-5-12(18-13)10-14-2/h5-6,11,14H,3-4,7-10H2,1-2H3. The van der Waals surface area contributed by atoms with Crippen LogP contribution >= 0.6 is 11.3 Å². The highest BCUT2D eigenvalue weighted by molar-refractivity contribution is 7.91. The van der Waals surface area contributed by atoms with Crippen molar-refractivity contribution in [1.29, 1.82) is 0 Å². The molecule has 0 spiro atoms.